The number of esters is 3. The number of carbonyl (C=O) groups excluding carboxylic acids is 3. The van der Waals surface area contributed by atoms with E-state index in [-0.39, 0.29) is 55.7 Å². The van der Waals surface area contributed by atoms with Crippen LogP contribution in [0.4, 0.5) is 11.6 Å². The molecular formula is C41H62N13O15P. The Hall–Kier alpha value is -5.98. The Kier molecular flexibility index (Phi) is 21.0. The van der Waals surface area contributed by atoms with Gasteiger partial charge in [-0.25, -0.2) is 29.2 Å². The van der Waals surface area contributed by atoms with Crippen molar-refractivity contribution < 1.29 is 72.7 Å². The second-order valence-corrected chi connectivity index (χ2v) is 17.1. The van der Waals surface area contributed by atoms with Crippen molar-refractivity contribution in [2.45, 2.75) is 115 Å². The summed E-state index contributed by atoms with van der Waals surface area (Å²) in [4.78, 5) is 42.7. The van der Waals surface area contributed by atoms with Gasteiger partial charge in [0.1, 0.15) is 90.6 Å². The van der Waals surface area contributed by atoms with Gasteiger partial charge in [-0.15, -0.1) is 0 Å². The standard InChI is InChI=1S/C22H32N7O9P.C12H13N5O4.C6H13NO2.CH4/c1-5-35-20(32)12(3)27-39(34,28-13(4)21(33)36-6-2)37-9-15-17(30)18(31)22(10-23,38-15)16-8-7-14-19(24)25-11-26-29(14)16;13-4-12(10(20)9(19)7(3-18)21-12)8-2-1-6-11(14)15-5-16-17(6)8;1-4-9-6(8)5(2)7-3;/h7-8,11-13,15,17-18,30-31H,5-6,9H2,1-4H3,(H2,24,25,26)(H2,27,28,34);1-2,5,7,9-10,18-20H,3H2,(H2,14,15,16);5,7H,4H2,1-3H3;1H4/t12-,13-,15+,17+,18+,22-;7-,9-,10-,12+;;/m01../s1. The second-order valence-electron chi connectivity index (χ2n) is 15.2. The Morgan fingerprint density at radius 1 is 0.757 bits per heavy atom. The van der Waals surface area contributed by atoms with Crippen LogP contribution in [0.5, 0.6) is 0 Å². The molecule has 4 aromatic heterocycles. The zero-order chi connectivity index (χ0) is 51.4. The molecule has 28 nitrogen and oxygen atoms in total. The number of nitrogens with two attached hydrogens (primary N) is 2. The van der Waals surface area contributed by atoms with E-state index < -0.39 is 92.7 Å². The van der Waals surface area contributed by atoms with Gasteiger partial charge in [-0.2, -0.15) is 20.7 Å². The molecule has 2 saturated heterocycles. The first-order chi connectivity index (χ1) is 32.7. The Bertz CT molecular complexity index is 2510. The number of hydrogen-bond donors (Lipinski definition) is 10. The van der Waals surface area contributed by atoms with Gasteiger partial charge >= 0.3 is 25.6 Å². The number of likely N-dealkylation sites (N-methyl/N-ethyl adjacent to an activating group) is 1. The largest absolute Gasteiger partial charge is 0.465 e. The van der Waals surface area contributed by atoms with E-state index in [2.05, 4.69) is 35.7 Å². The Morgan fingerprint density at radius 2 is 1.14 bits per heavy atom. The van der Waals surface area contributed by atoms with E-state index in [0.717, 1.165) is 6.33 Å². The third-order valence-electron chi connectivity index (χ3n) is 10.7. The van der Waals surface area contributed by atoms with E-state index in [1.807, 2.05) is 12.1 Å². The Morgan fingerprint density at radius 3 is 1.50 bits per heavy atom. The maximum absolute atomic E-state index is 13.7. The highest BCUT2D eigenvalue weighted by molar-refractivity contribution is 7.54. The van der Waals surface area contributed by atoms with Crippen molar-refractivity contribution in [1.82, 2.24) is 44.7 Å². The van der Waals surface area contributed by atoms with Crippen LogP contribution in [0.25, 0.3) is 11.0 Å². The topological polar surface area (TPSA) is 421 Å². The van der Waals surface area contributed by atoms with E-state index in [1.165, 1.54) is 47.4 Å². The molecule has 0 aromatic carbocycles. The van der Waals surface area contributed by atoms with Gasteiger partial charge in [0.25, 0.3) is 0 Å². The lowest BCUT2D eigenvalue weighted by molar-refractivity contribution is -0.145. The monoisotopic (exact) mass is 1010 g/mol. The van der Waals surface area contributed by atoms with Crippen molar-refractivity contribution in [3.8, 4) is 12.1 Å². The van der Waals surface area contributed by atoms with Crippen LogP contribution >= 0.6 is 7.67 Å². The number of nitrogens with one attached hydrogen (secondary N) is 3. The molecular weight excluding hydrogens is 946 g/mol. The number of rotatable bonds is 17. The van der Waals surface area contributed by atoms with Crippen molar-refractivity contribution >= 4 is 48.2 Å². The van der Waals surface area contributed by atoms with Crippen LogP contribution in [0.3, 0.4) is 0 Å². The van der Waals surface area contributed by atoms with Crippen LogP contribution in [0.1, 0.15) is 60.4 Å². The number of nitrogen functional groups attached to an aromatic ring is 2. The van der Waals surface area contributed by atoms with Crippen LogP contribution in [0.2, 0.25) is 0 Å². The summed E-state index contributed by atoms with van der Waals surface area (Å²) in [5.41, 5.74) is 8.68. The predicted molar refractivity (Wildman–Crippen MR) is 244 cm³/mol. The minimum absolute atomic E-state index is 0. The number of ether oxygens (including phenoxy) is 5. The molecule has 0 saturated carbocycles. The summed E-state index contributed by atoms with van der Waals surface area (Å²) in [6.07, 6.45) is -6.46. The van der Waals surface area contributed by atoms with Crippen LogP contribution < -0.4 is 27.0 Å². The summed E-state index contributed by atoms with van der Waals surface area (Å²) in [7, 11) is -2.52. The SMILES string of the molecule is C.CCOC(=O)C(C)NC.CCOC(=O)[C@H](C)NP(=O)(N[C@@H](C)C(=O)OCC)OC[C@H]1O[C@@](C#N)(c2ccc3c(N)ncnn23)[C@H](O)[C@@H]1O.N#C[C@@]1(c2ccc3c(N)ncnn23)O[C@H](CO)[C@@H](O)[C@H]1O. The summed E-state index contributed by atoms with van der Waals surface area (Å²) in [5, 5.41) is 86.3. The molecule has 12 N–H and O–H groups in total. The molecule has 0 bridgehead atoms. The molecule has 0 amide bonds. The molecule has 0 radical (unpaired) electrons. The zero-order valence-corrected chi connectivity index (χ0v) is 39.6. The van der Waals surface area contributed by atoms with Gasteiger partial charge in [-0.3, -0.25) is 18.9 Å². The van der Waals surface area contributed by atoms with Crippen molar-refractivity contribution in [3.63, 3.8) is 0 Å². The molecule has 29 heteroatoms. The first-order valence-electron chi connectivity index (χ1n) is 21.4. The Labute approximate surface area is 402 Å². The minimum atomic E-state index is -4.24. The molecule has 11 atom stereocenters. The highest BCUT2D eigenvalue weighted by atomic mass is 31.2. The molecule has 2 aliphatic rings. The van der Waals surface area contributed by atoms with Gasteiger partial charge in [0.2, 0.25) is 11.2 Å². The van der Waals surface area contributed by atoms with Crippen LogP contribution in [0, 0.1) is 22.7 Å². The number of aliphatic hydroxyl groups excluding tert-OH is 5. The fraction of sp³-hybridized carbons (Fsp3) is 0.585. The normalized spacial score (nSPS) is 25.1. The van der Waals surface area contributed by atoms with Gasteiger partial charge in [-0.05, 0) is 72.9 Å². The first kappa shape index (κ1) is 58.3. The number of nitriles is 2. The maximum Gasteiger partial charge on any atom is 0.342 e. The number of anilines is 2. The van der Waals surface area contributed by atoms with Gasteiger partial charge < -0.3 is 70.5 Å². The van der Waals surface area contributed by atoms with Crippen molar-refractivity contribution in [1.29, 1.82) is 10.5 Å². The van der Waals surface area contributed by atoms with E-state index in [9.17, 15) is 55.0 Å². The van der Waals surface area contributed by atoms with E-state index in [0.29, 0.717) is 17.6 Å². The Balaban J connectivity index is 0.000000346. The smallest absolute Gasteiger partial charge is 0.342 e. The molecule has 4 aromatic rings. The predicted octanol–water partition coefficient (Wildman–Crippen LogP) is -1.71. The van der Waals surface area contributed by atoms with Gasteiger partial charge in [0.15, 0.2) is 11.6 Å². The molecule has 0 spiro atoms. The number of aromatic nitrogens is 6. The number of nitrogens with zero attached hydrogens (tertiary/aromatic N) is 8. The third kappa shape index (κ3) is 12.3. The molecule has 2 aliphatic heterocycles. The molecule has 386 valence electrons. The number of aliphatic hydroxyl groups is 5. The highest BCUT2D eigenvalue weighted by Crippen LogP contribution is 2.45. The van der Waals surface area contributed by atoms with Gasteiger partial charge in [0.05, 0.1) is 44.4 Å². The molecule has 1 unspecified atom stereocenters. The van der Waals surface area contributed by atoms with E-state index in [4.69, 9.17) is 39.7 Å². The fourth-order valence-corrected chi connectivity index (χ4v) is 8.75. The maximum atomic E-state index is 13.7. The average Bonchev–Trinajstić information content (AvgIpc) is 4.09. The minimum Gasteiger partial charge on any atom is -0.465 e. The van der Waals surface area contributed by atoms with E-state index in [1.54, 1.807) is 40.8 Å². The fourth-order valence-electron chi connectivity index (χ4n) is 6.94. The van der Waals surface area contributed by atoms with Crippen molar-refractivity contribution in [2.75, 3.05) is 51.5 Å². The van der Waals surface area contributed by atoms with Crippen LogP contribution in [-0.4, -0.2) is 167 Å². The summed E-state index contributed by atoms with van der Waals surface area (Å²) in [6, 6.07) is 7.36. The number of fused-ring (bicyclic) bond motifs is 2. The summed E-state index contributed by atoms with van der Waals surface area (Å²) >= 11 is 0. The summed E-state index contributed by atoms with van der Waals surface area (Å²) in [5.74, 6) is -1.34. The van der Waals surface area contributed by atoms with E-state index >= 15 is 0 Å². The lowest BCUT2D eigenvalue weighted by atomic mass is 9.92. The molecule has 70 heavy (non-hydrogen) atoms. The van der Waals surface area contributed by atoms with Gasteiger partial charge in [0, 0.05) is 0 Å². The molecule has 2 fully saturated rings. The number of carbonyl (C=O) groups is 3. The highest BCUT2D eigenvalue weighted by Gasteiger charge is 2.59. The zero-order valence-electron chi connectivity index (χ0n) is 38.7. The lowest BCUT2D eigenvalue weighted by Gasteiger charge is -2.27. The third-order valence-corrected chi connectivity index (χ3v) is 12.6. The molecule has 0 aliphatic carbocycles. The second kappa shape index (κ2) is 25.2. The number of hydrogen-bond acceptors (Lipinski definition) is 24. The first-order valence-corrected chi connectivity index (χ1v) is 23.0. The molecule has 6 rings (SSSR count). The molecule has 6 heterocycles. The van der Waals surface area contributed by atoms with Crippen LogP contribution in [-0.2, 0) is 58.4 Å². The average molecular weight is 1010 g/mol. The summed E-state index contributed by atoms with van der Waals surface area (Å²) < 4.78 is 47.6. The van der Waals surface area contributed by atoms with Gasteiger partial charge in [-0.1, -0.05) is 7.43 Å². The lowest BCUT2D eigenvalue weighted by Crippen LogP contribution is -2.43. The van der Waals surface area contributed by atoms with Crippen LogP contribution in [0.15, 0.2) is 36.9 Å². The quantitative estimate of drug-likeness (QED) is 0.0320. The van der Waals surface area contributed by atoms with Crippen molar-refractivity contribution in [3.05, 3.63) is 48.3 Å². The summed E-state index contributed by atoms with van der Waals surface area (Å²) in [6.45, 7) is 8.94. The van der Waals surface area contributed by atoms with Crippen molar-refractivity contribution in [2.24, 2.45) is 0 Å².